The number of anilines is 1. The first-order chi connectivity index (χ1) is 13.8. The molecular weight excluding hydrogens is 394 g/mol. The van der Waals surface area contributed by atoms with Crippen LogP contribution >= 0.6 is 0 Å². The van der Waals surface area contributed by atoms with E-state index in [-0.39, 0.29) is 35.3 Å². The normalized spacial score (nSPS) is 13.4. The number of hydrogen-bond donors (Lipinski definition) is 2. The van der Waals surface area contributed by atoms with E-state index in [9.17, 15) is 23.3 Å². The summed E-state index contributed by atoms with van der Waals surface area (Å²) in [7, 11) is -3.54. The van der Waals surface area contributed by atoms with Crippen LogP contribution in [0.3, 0.4) is 0 Å². The van der Waals surface area contributed by atoms with Gasteiger partial charge in [-0.1, -0.05) is 6.07 Å². The number of nitro benzene ring substituents is 1. The van der Waals surface area contributed by atoms with Crippen molar-refractivity contribution in [1.29, 1.82) is 0 Å². The van der Waals surface area contributed by atoms with Crippen molar-refractivity contribution < 1.29 is 18.1 Å². The second-order valence-electron chi connectivity index (χ2n) is 7.08. The SMILES string of the molecule is CS(=O)(=O)c1ccc(NCCNC(=O)c2ccc3c(c2)CCCC3)c([N+](=O)[O-])c1. The molecule has 1 aliphatic carbocycles. The standard InChI is InChI=1S/C20H23N3O5S/c1-29(27,28)17-8-9-18(19(13-17)23(25)26)21-10-11-22-20(24)16-7-6-14-4-2-3-5-15(14)12-16/h6-9,12-13,21H,2-5,10-11H2,1H3,(H,22,24). The molecule has 2 N–H and O–H groups in total. The number of carbonyl (C=O) groups excluding carboxylic acids is 1. The second kappa shape index (κ2) is 8.60. The molecule has 8 nitrogen and oxygen atoms in total. The van der Waals surface area contributed by atoms with E-state index in [1.54, 1.807) is 0 Å². The van der Waals surface area contributed by atoms with E-state index in [0.717, 1.165) is 31.6 Å². The van der Waals surface area contributed by atoms with E-state index in [0.29, 0.717) is 5.56 Å². The van der Waals surface area contributed by atoms with Crippen LogP contribution in [0.2, 0.25) is 0 Å². The number of nitrogens with one attached hydrogen (secondary N) is 2. The van der Waals surface area contributed by atoms with Gasteiger partial charge < -0.3 is 10.6 Å². The minimum atomic E-state index is -3.54. The Morgan fingerprint density at radius 3 is 2.48 bits per heavy atom. The van der Waals surface area contributed by atoms with Gasteiger partial charge in [0.15, 0.2) is 9.84 Å². The number of rotatable bonds is 7. The number of amides is 1. The summed E-state index contributed by atoms with van der Waals surface area (Å²) in [6.45, 7) is 0.524. The third kappa shape index (κ3) is 5.11. The Kier molecular flexibility index (Phi) is 6.17. The Morgan fingerprint density at radius 2 is 1.79 bits per heavy atom. The van der Waals surface area contributed by atoms with E-state index in [4.69, 9.17) is 0 Å². The van der Waals surface area contributed by atoms with E-state index in [1.807, 2.05) is 18.2 Å². The van der Waals surface area contributed by atoms with Crippen molar-refractivity contribution in [2.45, 2.75) is 30.6 Å². The summed E-state index contributed by atoms with van der Waals surface area (Å²) in [6.07, 6.45) is 5.36. The minimum absolute atomic E-state index is 0.115. The van der Waals surface area contributed by atoms with Crippen LogP contribution in [0.25, 0.3) is 0 Å². The van der Waals surface area contributed by atoms with Crippen LogP contribution in [-0.2, 0) is 22.7 Å². The number of carbonyl (C=O) groups is 1. The molecule has 0 atom stereocenters. The molecule has 0 spiro atoms. The maximum Gasteiger partial charge on any atom is 0.293 e. The van der Waals surface area contributed by atoms with Gasteiger partial charge in [0.1, 0.15) is 5.69 Å². The van der Waals surface area contributed by atoms with Gasteiger partial charge in [-0.3, -0.25) is 14.9 Å². The number of hydrogen-bond acceptors (Lipinski definition) is 6. The lowest BCUT2D eigenvalue weighted by molar-refractivity contribution is -0.384. The summed E-state index contributed by atoms with van der Waals surface area (Å²) in [5.74, 6) is -0.193. The molecule has 1 aliphatic rings. The van der Waals surface area contributed by atoms with Crippen molar-refractivity contribution in [3.8, 4) is 0 Å². The summed E-state index contributed by atoms with van der Waals surface area (Å²) >= 11 is 0. The lowest BCUT2D eigenvalue weighted by Gasteiger charge is -2.16. The van der Waals surface area contributed by atoms with Gasteiger partial charge in [0.25, 0.3) is 11.6 Å². The molecule has 0 saturated heterocycles. The fraction of sp³-hybridized carbons (Fsp3) is 0.350. The summed E-state index contributed by atoms with van der Waals surface area (Å²) in [4.78, 5) is 22.9. The van der Waals surface area contributed by atoms with Gasteiger partial charge in [0.2, 0.25) is 0 Å². The van der Waals surface area contributed by atoms with Crippen LogP contribution in [-0.4, -0.2) is 38.6 Å². The Hall–Kier alpha value is -2.94. The molecule has 3 rings (SSSR count). The predicted octanol–water partition coefficient (Wildman–Crippen LogP) is 2.72. The molecule has 0 aliphatic heterocycles. The topological polar surface area (TPSA) is 118 Å². The molecule has 0 aromatic heterocycles. The third-order valence-corrected chi connectivity index (χ3v) is 6.04. The van der Waals surface area contributed by atoms with Crippen LogP contribution in [0.5, 0.6) is 0 Å². The summed E-state index contributed by atoms with van der Waals surface area (Å²) in [5.41, 5.74) is 3.01. The largest absolute Gasteiger partial charge is 0.378 e. The Balaban J connectivity index is 1.59. The molecule has 2 aromatic rings. The molecule has 0 saturated carbocycles. The van der Waals surface area contributed by atoms with Crippen LogP contribution < -0.4 is 10.6 Å². The average molecular weight is 417 g/mol. The van der Waals surface area contributed by atoms with Crippen molar-refractivity contribution in [3.63, 3.8) is 0 Å². The Bertz CT molecular complexity index is 1050. The number of fused-ring (bicyclic) bond motifs is 1. The van der Waals surface area contributed by atoms with Gasteiger partial charge >= 0.3 is 0 Å². The molecule has 0 fully saturated rings. The molecule has 154 valence electrons. The molecular formula is C20H23N3O5S. The number of aryl methyl sites for hydroxylation is 2. The Labute approximate surface area is 169 Å². The van der Waals surface area contributed by atoms with Crippen LogP contribution in [0, 0.1) is 10.1 Å². The smallest absolute Gasteiger partial charge is 0.293 e. The van der Waals surface area contributed by atoms with Gasteiger partial charge in [0, 0.05) is 31.0 Å². The quantitative estimate of drug-likeness (QED) is 0.406. The molecule has 9 heteroatoms. The third-order valence-electron chi connectivity index (χ3n) is 4.93. The summed E-state index contributed by atoms with van der Waals surface area (Å²) in [5, 5.41) is 16.9. The van der Waals surface area contributed by atoms with Gasteiger partial charge in [-0.25, -0.2) is 8.42 Å². The van der Waals surface area contributed by atoms with Crippen LogP contribution in [0.4, 0.5) is 11.4 Å². The maximum absolute atomic E-state index is 12.4. The van der Waals surface area contributed by atoms with Crippen LogP contribution in [0.15, 0.2) is 41.3 Å². The predicted molar refractivity (Wildman–Crippen MR) is 110 cm³/mol. The van der Waals surface area contributed by atoms with Gasteiger partial charge in [-0.15, -0.1) is 0 Å². The molecule has 0 heterocycles. The first-order valence-electron chi connectivity index (χ1n) is 9.38. The lowest BCUT2D eigenvalue weighted by Crippen LogP contribution is -2.29. The number of nitrogens with zero attached hydrogens (tertiary/aromatic N) is 1. The van der Waals surface area contributed by atoms with E-state index in [2.05, 4.69) is 10.6 Å². The van der Waals surface area contributed by atoms with E-state index in [1.165, 1.54) is 29.7 Å². The first-order valence-corrected chi connectivity index (χ1v) is 11.3. The van der Waals surface area contributed by atoms with Gasteiger partial charge in [-0.05, 0) is 61.1 Å². The molecule has 0 radical (unpaired) electrons. The zero-order valence-electron chi connectivity index (χ0n) is 16.1. The van der Waals surface area contributed by atoms with Gasteiger partial charge in [-0.2, -0.15) is 0 Å². The highest BCUT2D eigenvalue weighted by Crippen LogP contribution is 2.27. The van der Waals surface area contributed by atoms with Crippen LogP contribution in [0.1, 0.15) is 34.3 Å². The van der Waals surface area contributed by atoms with Gasteiger partial charge in [0.05, 0.1) is 9.82 Å². The lowest BCUT2D eigenvalue weighted by atomic mass is 9.90. The zero-order valence-corrected chi connectivity index (χ0v) is 16.9. The molecule has 29 heavy (non-hydrogen) atoms. The monoisotopic (exact) mass is 417 g/mol. The van der Waals surface area contributed by atoms with E-state index < -0.39 is 14.8 Å². The molecule has 0 bridgehead atoms. The summed E-state index contributed by atoms with van der Waals surface area (Å²) in [6, 6.07) is 9.47. The fourth-order valence-corrected chi connectivity index (χ4v) is 4.03. The highest BCUT2D eigenvalue weighted by molar-refractivity contribution is 7.90. The van der Waals surface area contributed by atoms with Crippen molar-refractivity contribution in [2.75, 3.05) is 24.7 Å². The molecule has 1 amide bonds. The van der Waals surface area contributed by atoms with Crippen molar-refractivity contribution in [3.05, 3.63) is 63.2 Å². The van der Waals surface area contributed by atoms with Crippen molar-refractivity contribution in [2.24, 2.45) is 0 Å². The minimum Gasteiger partial charge on any atom is -0.378 e. The van der Waals surface area contributed by atoms with Crippen molar-refractivity contribution >= 4 is 27.1 Å². The molecule has 0 unspecified atom stereocenters. The average Bonchev–Trinajstić information content (AvgIpc) is 2.69. The highest BCUT2D eigenvalue weighted by Gasteiger charge is 2.18. The Morgan fingerprint density at radius 1 is 1.07 bits per heavy atom. The van der Waals surface area contributed by atoms with E-state index >= 15 is 0 Å². The first kappa shape index (κ1) is 20.8. The zero-order chi connectivity index (χ0) is 21.0. The summed E-state index contributed by atoms with van der Waals surface area (Å²) < 4.78 is 23.2. The fourth-order valence-electron chi connectivity index (χ4n) is 3.39. The number of sulfone groups is 1. The second-order valence-corrected chi connectivity index (χ2v) is 9.10. The number of benzene rings is 2. The van der Waals surface area contributed by atoms with Crippen molar-refractivity contribution in [1.82, 2.24) is 5.32 Å². The number of nitro groups is 1. The molecule has 2 aromatic carbocycles. The maximum atomic E-state index is 12.4. The highest BCUT2D eigenvalue weighted by atomic mass is 32.2.